The van der Waals surface area contributed by atoms with Crippen LogP contribution >= 0.6 is 11.3 Å². The third-order valence-corrected chi connectivity index (χ3v) is 5.74. The summed E-state index contributed by atoms with van der Waals surface area (Å²) in [7, 11) is 1.52. The molecule has 0 spiro atoms. The number of likely N-dealkylation sites (tertiary alicyclic amines) is 1. The first-order valence-electron chi connectivity index (χ1n) is 8.47. The monoisotopic (exact) mass is 353 g/mol. The number of amides is 2. The van der Waals surface area contributed by atoms with E-state index in [0.29, 0.717) is 25.9 Å². The Bertz CT molecular complexity index is 560. The molecule has 2 heterocycles. The lowest BCUT2D eigenvalue weighted by atomic mass is 9.95. The van der Waals surface area contributed by atoms with Gasteiger partial charge in [0, 0.05) is 31.0 Å². The second-order valence-corrected chi connectivity index (χ2v) is 7.49. The van der Waals surface area contributed by atoms with Crippen molar-refractivity contribution in [3.05, 3.63) is 15.6 Å². The number of thiazole rings is 1. The fourth-order valence-corrected chi connectivity index (χ4v) is 3.94. The third kappa shape index (κ3) is 4.54. The van der Waals surface area contributed by atoms with Crippen molar-refractivity contribution in [2.24, 2.45) is 5.92 Å². The zero-order valence-electron chi connectivity index (χ0n) is 14.9. The quantitative estimate of drug-likeness (QED) is 0.851. The van der Waals surface area contributed by atoms with Gasteiger partial charge in [0.25, 0.3) is 0 Å². The molecule has 1 aromatic heterocycles. The van der Waals surface area contributed by atoms with Crippen molar-refractivity contribution in [3.63, 3.8) is 0 Å². The van der Waals surface area contributed by atoms with E-state index in [1.807, 2.05) is 6.92 Å². The summed E-state index contributed by atoms with van der Waals surface area (Å²) in [6.07, 6.45) is 2.23. The molecule has 0 aliphatic carbocycles. The fourth-order valence-electron chi connectivity index (χ4n) is 2.88. The molecule has 0 bridgehead atoms. The highest BCUT2D eigenvalue weighted by Crippen LogP contribution is 2.26. The second kappa shape index (κ2) is 8.58. The van der Waals surface area contributed by atoms with Crippen LogP contribution in [0.4, 0.5) is 0 Å². The Morgan fingerprint density at radius 3 is 2.54 bits per heavy atom. The summed E-state index contributed by atoms with van der Waals surface area (Å²) in [6.45, 7) is 7.45. The molecule has 2 rings (SSSR count). The van der Waals surface area contributed by atoms with Gasteiger partial charge in [0.2, 0.25) is 11.8 Å². The Kier molecular flexibility index (Phi) is 6.74. The van der Waals surface area contributed by atoms with Gasteiger partial charge < -0.3 is 15.0 Å². The molecule has 1 aliphatic rings. The molecule has 1 fully saturated rings. The SMILES string of the molecule is CC[C@H](NC(=O)C1CCN(C(=O)COC)CC1)c1nc(C)c(C)s1. The van der Waals surface area contributed by atoms with Crippen molar-refractivity contribution in [2.45, 2.75) is 46.1 Å². The van der Waals surface area contributed by atoms with E-state index in [9.17, 15) is 9.59 Å². The average Bonchev–Trinajstić information content (AvgIpc) is 2.91. The van der Waals surface area contributed by atoms with E-state index in [0.717, 1.165) is 17.1 Å². The lowest BCUT2D eigenvalue weighted by Gasteiger charge is -2.31. The summed E-state index contributed by atoms with van der Waals surface area (Å²) in [5.74, 6) is 0.0375. The zero-order chi connectivity index (χ0) is 17.7. The van der Waals surface area contributed by atoms with Crippen LogP contribution in [0.5, 0.6) is 0 Å². The van der Waals surface area contributed by atoms with Gasteiger partial charge in [0.05, 0.1) is 11.7 Å². The number of piperidine rings is 1. The smallest absolute Gasteiger partial charge is 0.248 e. The van der Waals surface area contributed by atoms with E-state index in [-0.39, 0.29) is 30.4 Å². The molecule has 0 radical (unpaired) electrons. The Balaban J connectivity index is 1.89. The van der Waals surface area contributed by atoms with E-state index in [2.05, 4.69) is 24.1 Å². The molecule has 1 atom stereocenters. The van der Waals surface area contributed by atoms with Gasteiger partial charge in [-0.15, -0.1) is 11.3 Å². The molecule has 1 saturated heterocycles. The van der Waals surface area contributed by atoms with Gasteiger partial charge in [0.1, 0.15) is 11.6 Å². The first kappa shape index (κ1) is 18.9. The van der Waals surface area contributed by atoms with Gasteiger partial charge in [-0.3, -0.25) is 9.59 Å². The normalized spacial score (nSPS) is 16.9. The summed E-state index contributed by atoms with van der Waals surface area (Å²) in [5, 5.41) is 4.12. The number of carbonyl (C=O) groups excluding carboxylic acids is 2. The standard InChI is InChI=1S/C17H27N3O3S/c1-5-14(17-18-11(2)12(3)24-17)19-16(22)13-6-8-20(9-7-13)15(21)10-23-4/h13-14H,5-10H2,1-4H3,(H,19,22)/t14-/m0/s1. The molecular formula is C17H27N3O3S. The van der Waals surface area contributed by atoms with E-state index < -0.39 is 0 Å². The van der Waals surface area contributed by atoms with Crippen molar-refractivity contribution in [2.75, 3.05) is 26.8 Å². The first-order chi connectivity index (χ1) is 11.5. The number of carbonyl (C=O) groups is 2. The van der Waals surface area contributed by atoms with E-state index in [1.165, 1.54) is 12.0 Å². The highest BCUT2D eigenvalue weighted by molar-refractivity contribution is 7.11. The molecule has 6 nitrogen and oxygen atoms in total. The van der Waals surface area contributed by atoms with Crippen LogP contribution in [-0.4, -0.2) is 48.5 Å². The van der Waals surface area contributed by atoms with Crippen LogP contribution in [0.1, 0.15) is 47.8 Å². The molecule has 1 aliphatic heterocycles. The Morgan fingerprint density at radius 1 is 1.38 bits per heavy atom. The maximum absolute atomic E-state index is 12.6. The predicted octanol–water partition coefficient (Wildman–Crippen LogP) is 2.21. The van der Waals surface area contributed by atoms with Crippen molar-refractivity contribution < 1.29 is 14.3 Å². The lowest BCUT2D eigenvalue weighted by molar-refractivity contribution is -0.138. The van der Waals surface area contributed by atoms with Crippen LogP contribution in [0, 0.1) is 19.8 Å². The number of aryl methyl sites for hydroxylation is 2. The molecule has 1 aromatic rings. The number of ether oxygens (including phenoxy) is 1. The number of nitrogens with zero attached hydrogens (tertiary/aromatic N) is 2. The van der Waals surface area contributed by atoms with Crippen LogP contribution in [0.25, 0.3) is 0 Å². The Morgan fingerprint density at radius 2 is 2.04 bits per heavy atom. The van der Waals surface area contributed by atoms with Crippen LogP contribution in [0.15, 0.2) is 0 Å². The molecule has 0 unspecified atom stereocenters. The Hall–Kier alpha value is -1.47. The number of hydrogen-bond donors (Lipinski definition) is 1. The lowest BCUT2D eigenvalue weighted by Crippen LogP contribution is -2.44. The van der Waals surface area contributed by atoms with Gasteiger partial charge in [-0.05, 0) is 33.1 Å². The topological polar surface area (TPSA) is 71.5 Å². The van der Waals surface area contributed by atoms with Gasteiger partial charge in [-0.1, -0.05) is 6.92 Å². The van der Waals surface area contributed by atoms with Crippen molar-refractivity contribution >= 4 is 23.2 Å². The van der Waals surface area contributed by atoms with Gasteiger partial charge >= 0.3 is 0 Å². The van der Waals surface area contributed by atoms with Crippen molar-refractivity contribution in [1.82, 2.24) is 15.2 Å². The maximum Gasteiger partial charge on any atom is 0.248 e. The zero-order valence-corrected chi connectivity index (χ0v) is 15.7. The van der Waals surface area contributed by atoms with Gasteiger partial charge in [-0.2, -0.15) is 0 Å². The Labute approximate surface area is 147 Å². The van der Waals surface area contributed by atoms with E-state index in [1.54, 1.807) is 16.2 Å². The van der Waals surface area contributed by atoms with Crippen LogP contribution in [0.2, 0.25) is 0 Å². The number of rotatable bonds is 6. The number of methoxy groups -OCH3 is 1. The number of hydrogen-bond acceptors (Lipinski definition) is 5. The average molecular weight is 353 g/mol. The summed E-state index contributed by atoms with van der Waals surface area (Å²) < 4.78 is 4.88. The molecule has 7 heteroatoms. The minimum atomic E-state index is -0.0344. The third-order valence-electron chi connectivity index (χ3n) is 4.55. The largest absolute Gasteiger partial charge is 0.375 e. The van der Waals surface area contributed by atoms with E-state index in [4.69, 9.17) is 4.74 Å². The summed E-state index contributed by atoms with van der Waals surface area (Å²) in [6, 6.07) is -0.0250. The van der Waals surface area contributed by atoms with Crippen molar-refractivity contribution in [1.29, 1.82) is 0 Å². The highest BCUT2D eigenvalue weighted by Gasteiger charge is 2.29. The minimum Gasteiger partial charge on any atom is -0.375 e. The minimum absolute atomic E-state index is 0.00321. The molecule has 0 aromatic carbocycles. The summed E-state index contributed by atoms with van der Waals surface area (Å²) in [4.78, 5) is 31.9. The van der Waals surface area contributed by atoms with Gasteiger partial charge in [0.15, 0.2) is 0 Å². The molecule has 1 N–H and O–H groups in total. The number of aromatic nitrogens is 1. The van der Waals surface area contributed by atoms with Crippen LogP contribution in [0.3, 0.4) is 0 Å². The number of nitrogens with one attached hydrogen (secondary N) is 1. The molecule has 2 amide bonds. The summed E-state index contributed by atoms with van der Waals surface area (Å²) in [5.41, 5.74) is 1.03. The maximum atomic E-state index is 12.6. The molecule has 0 saturated carbocycles. The molecular weight excluding hydrogens is 326 g/mol. The fraction of sp³-hybridized carbons (Fsp3) is 0.706. The van der Waals surface area contributed by atoms with Crippen LogP contribution < -0.4 is 5.32 Å². The van der Waals surface area contributed by atoms with E-state index >= 15 is 0 Å². The van der Waals surface area contributed by atoms with Crippen LogP contribution in [-0.2, 0) is 14.3 Å². The first-order valence-corrected chi connectivity index (χ1v) is 9.28. The van der Waals surface area contributed by atoms with Gasteiger partial charge in [-0.25, -0.2) is 4.98 Å². The molecule has 134 valence electrons. The second-order valence-electron chi connectivity index (χ2n) is 6.25. The summed E-state index contributed by atoms with van der Waals surface area (Å²) >= 11 is 1.65. The van der Waals surface area contributed by atoms with Crippen molar-refractivity contribution in [3.8, 4) is 0 Å². The molecule has 24 heavy (non-hydrogen) atoms. The highest BCUT2D eigenvalue weighted by atomic mass is 32.1. The predicted molar refractivity (Wildman–Crippen MR) is 93.9 cm³/mol.